The number of sulfonamides is 1. The van der Waals surface area contributed by atoms with Crippen molar-refractivity contribution in [3.63, 3.8) is 0 Å². The number of halogens is 3. The Bertz CT molecular complexity index is 1320. The van der Waals surface area contributed by atoms with Gasteiger partial charge in [-0.25, -0.2) is 18.2 Å². The largest absolute Gasteiger partial charge is 0.435 e. The first-order valence-corrected chi connectivity index (χ1v) is 9.97. The van der Waals surface area contributed by atoms with E-state index in [4.69, 9.17) is 5.14 Å². The van der Waals surface area contributed by atoms with Crippen molar-refractivity contribution in [2.45, 2.75) is 18.0 Å². The van der Waals surface area contributed by atoms with E-state index in [1.165, 1.54) is 24.3 Å². The predicted octanol–water partition coefficient (Wildman–Crippen LogP) is 4.00. The third-order valence-corrected chi connectivity index (χ3v) is 5.49. The number of nitrogens with one attached hydrogen (secondary N) is 1. The van der Waals surface area contributed by atoms with Crippen LogP contribution in [0.5, 0.6) is 0 Å². The fraction of sp³-hybridized carbons (Fsp3) is 0.105. The molecule has 150 valence electrons. The van der Waals surface area contributed by atoms with Crippen LogP contribution in [-0.4, -0.2) is 23.2 Å². The van der Waals surface area contributed by atoms with E-state index in [1.807, 2.05) is 13.0 Å². The van der Waals surface area contributed by atoms with Gasteiger partial charge < -0.3 is 4.98 Å². The molecule has 0 atom stereocenters. The first-order valence-electron chi connectivity index (χ1n) is 8.43. The van der Waals surface area contributed by atoms with Gasteiger partial charge in [0.15, 0.2) is 5.69 Å². The summed E-state index contributed by atoms with van der Waals surface area (Å²) in [6, 6.07) is 11.5. The number of fused-ring (bicyclic) bond motifs is 1. The van der Waals surface area contributed by atoms with Crippen molar-refractivity contribution in [1.82, 2.24) is 14.8 Å². The van der Waals surface area contributed by atoms with Gasteiger partial charge in [0.25, 0.3) is 0 Å². The van der Waals surface area contributed by atoms with Crippen molar-refractivity contribution in [3.05, 3.63) is 66.0 Å². The molecule has 4 rings (SSSR count). The third-order valence-electron chi connectivity index (χ3n) is 4.56. The van der Waals surface area contributed by atoms with E-state index >= 15 is 0 Å². The molecule has 2 aromatic heterocycles. The van der Waals surface area contributed by atoms with Crippen LogP contribution in [0, 0.1) is 6.92 Å². The highest BCUT2D eigenvalue weighted by Crippen LogP contribution is 2.35. The molecule has 0 aliphatic heterocycles. The molecule has 0 aliphatic carbocycles. The van der Waals surface area contributed by atoms with Gasteiger partial charge in [0, 0.05) is 22.7 Å². The first-order chi connectivity index (χ1) is 13.5. The average molecular weight is 420 g/mol. The molecule has 0 saturated heterocycles. The number of benzene rings is 2. The van der Waals surface area contributed by atoms with Gasteiger partial charge in [-0.05, 0) is 61.0 Å². The topological polar surface area (TPSA) is 93.8 Å². The Kier molecular flexibility index (Phi) is 4.28. The van der Waals surface area contributed by atoms with E-state index in [-0.39, 0.29) is 16.3 Å². The molecule has 0 aliphatic rings. The fourth-order valence-electron chi connectivity index (χ4n) is 3.20. The lowest BCUT2D eigenvalue weighted by atomic mass is 10.0. The number of primary sulfonamides is 1. The maximum atomic E-state index is 13.3. The molecule has 0 fully saturated rings. The molecular weight excluding hydrogens is 405 g/mol. The minimum absolute atomic E-state index is 0.143. The lowest BCUT2D eigenvalue weighted by Crippen LogP contribution is -2.12. The molecule has 0 spiro atoms. The van der Waals surface area contributed by atoms with Crippen LogP contribution in [0.25, 0.3) is 27.8 Å². The number of alkyl halides is 3. The summed E-state index contributed by atoms with van der Waals surface area (Å²) in [4.78, 5) is 2.95. The van der Waals surface area contributed by atoms with Gasteiger partial charge in [0.05, 0.1) is 16.3 Å². The van der Waals surface area contributed by atoms with Crippen molar-refractivity contribution in [3.8, 4) is 16.9 Å². The smallest absolute Gasteiger partial charge is 0.361 e. The average Bonchev–Trinajstić information content (AvgIpc) is 3.28. The Labute approximate surface area is 163 Å². The summed E-state index contributed by atoms with van der Waals surface area (Å²) >= 11 is 0. The standard InChI is InChI=1S/C19H15F3N4O2S/c1-11-8-13(9-12-6-7-24-18(11)12)16-10-17(19(20,21)22)25-26(16)14-2-4-15(5-3-14)29(23,27)28/h2-10,24H,1H3,(H2,23,27,28). The number of aryl methyl sites for hydroxylation is 1. The van der Waals surface area contributed by atoms with Crippen molar-refractivity contribution in [1.29, 1.82) is 0 Å². The van der Waals surface area contributed by atoms with Gasteiger partial charge in [-0.15, -0.1) is 0 Å². The quantitative estimate of drug-likeness (QED) is 0.525. The first kappa shape index (κ1) is 19.2. The number of H-pyrrole nitrogens is 1. The lowest BCUT2D eigenvalue weighted by molar-refractivity contribution is -0.141. The zero-order valence-corrected chi connectivity index (χ0v) is 15.8. The van der Waals surface area contributed by atoms with E-state index in [0.29, 0.717) is 5.56 Å². The zero-order chi connectivity index (χ0) is 21.0. The normalized spacial score (nSPS) is 12.6. The highest BCUT2D eigenvalue weighted by Gasteiger charge is 2.35. The maximum absolute atomic E-state index is 13.3. The molecule has 4 aromatic rings. The van der Waals surface area contributed by atoms with Crippen molar-refractivity contribution in [2.24, 2.45) is 5.14 Å². The van der Waals surface area contributed by atoms with Gasteiger partial charge in [0.1, 0.15) is 0 Å². The van der Waals surface area contributed by atoms with Crippen LogP contribution in [0.2, 0.25) is 0 Å². The maximum Gasteiger partial charge on any atom is 0.435 e. The Morgan fingerprint density at radius 1 is 1.07 bits per heavy atom. The van der Waals surface area contributed by atoms with Crippen LogP contribution in [-0.2, 0) is 16.2 Å². The molecule has 0 bridgehead atoms. The Hall–Kier alpha value is -3.11. The van der Waals surface area contributed by atoms with E-state index in [0.717, 1.165) is 27.2 Å². The molecule has 3 N–H and O–H groups in total. The highest BCUT2D eigenvalue weighted by atomic mass is 32.2. The summed E-state index contributed by atoms with van der Waals surface area (Å²) in [5.41, 5.74) is 1.77. The number of aromatic nitrogens is 3. The van der Waals surface area contributed by atoms with Gasteiger partial charge in [-0.3, -0.25) is 0 Å². The molecular formula is C19H15F3N4O2S. The summed E-state index contributed by atoms with van der Waals surface area (Å²) in [7, 11) is -3.92. The summed E-state index contributed by atoms with van der Waals surface area (Å²) in [5, 5.41) is 9.66. The molecule has 2 heterocycles. The minimum atomic E-state index is -4.63. The predicted molar refractivity (Wildman–Crippen MR) is 102 cm³/mol. The van der Waals surface area contributed by atoms with Gasteiger partial charge in [-0.2, -0.15) is 18.3 Å². The molecule has 0 unspecified atom stereocenters. The molecule has 10 heteroatoms. The number of aromatic amines is 1. The summed E-state index contributed by atoms with van der Waals surface area (Å²) in [6.07, 6.45) is -2.88. The monoisotopic (exact) mass is 420 g/mol. The number of hydrogen-bond acceptors (Lipinski definition) is 3. The summed E-state index contributed by atoms with van der Waals surface area (Å²) in [5.74, 6) is 0. The molecule has 0 amide bonds. The van der Waals surface area contributed by atoms with Crippen molar-refractivity contribution < 1.29 is 21.6 Å². The Morgan fingerprint density at radius 2 is 1.76 bits per heavy atom. The SMILES string of the molecule is Cc1cc(-c2cc(C(F)(F)F)nn2-c2ccc(S(N)(=O)=O)cc2)cc2cc[nH]c12. The van der Waals surface area contributed by atoms with E-state index < -0.39 is 21.9 Å². The van der Waals surface area contributed by atoms with Crippen molar-refractivity contribution >= 4 is 20.9 Å². The van der Waals surface area contributed by atoms with Gasteiger partial charge in [0.2, 0.25) is 10.0 Å². The second kappa shape index (κ2) is 6.46. The van der Waals surface area contributed by atoms with Crippen LogP contribution >= 0.6 is 0 Å². The number of hydrogen-bond donors (Lipinski definition) is 2. The second-order valence-electron chi connectivity index (χ2n) is 6.60. The molecule has 29 heavy (non-hydrogen) atoms. The molecule has 6 nitrogen and oxygen atoms in total. The van der Waals surface area contributed by atoms with Crippen LogP contribution < -0.4 is 5.14 Å². The molecule has 0 saturated carbocycles. The molecule has 2 aromatic carbocycles. The summed E-state index contributed by atoms with van der Waals surface area (Å²) in [6.45, 7) is 1.86. The van der Waals surface area contributed by atoms with Crippen LogP contribution in [0.3, 0.4) is 0 Å². The number of nitrogens with zero attached hydrogens (tertiary/aromatic N) is 2. The molecule has 0 radical (unpaired) electrons. The minimum Gasteiger partial charge on any atom is -0.361 e. The van der Waals surface area contributed by atoms with Crippen LogP contribution in [0.4, 0.5) is 13.2 Å². The number of nitrogens with two attached hydrogens (primary N) is 1. The van der Waals surface area contributed by atoms with E-state index in [9.17, 15) is 21.6 Å². The second-order valence-corrected chi connectivity index (χ2v) is 8.16. The highest BCUT2D eigenvalue weighted by molar-refractivity contribution is 7.89. The third kappa shape index (κ3) is 3.52. The zero-order valence-electron chi connectivity index (χ0n) is 15.0. The van der Waals surface area contributed by atoms with Crippen molar-refractivity contribution in [2.75, 3.05) is 0 Å². The van der Waals surface area contributed by atoms with Gasteiger partial charge in [-0.1, -0.05) is 0 Å². The van der Waals surface area contributed by atoms with Gasteiger partial charge >= 0.3 is 6.18 Å². The Morgan fingerprint density at radius 3 is 2.38 bits per heavy atom. The lowest BCUT2D eigenvalue weighted by Gasteiger charge is -2.10. The number of rotatable bonds is 3. The van der Waals surface area contributed by atoms with Crippen LogP contribution in [0.1, 0.15) is 11.3 Å². The fourth-order valence-corrected chi connectivity index (χ4v) is 3.72. The summed E-state index contributed by atoms with van der Waals surface area (Å²) < 4.78 is 64.0. The van der Waals surface area contributed by atoms with E-state index in [1.54, 1.807) is 18.3 Å². The Balaban J connectivity index is 1.92. The van der Waals surface area contributed by atoms with Crippen LogP contribution in [0.15, 0.2) is 59.6 Å². The van der Waals surface area contributed by atoms with E-state index in [2.05, 4.69) is 10.1 Å².